The van der Waals surface area contributed by atoms with Gasteiger partial charge in [0.05, 0.1) is 10.7 Å². The zero-order valence-electron chi connectivity index (χ0n) is 10.8. The minimum atomic E-state index is -1.23. The molecule has 2 rings (SSSR count). The van der Waals surface area contributed by atoms with E-state index in [-0.39, 0.29) is 12.2 Å². The summed E-state index contributed by atoms with van der Waals surface area (Å²) in [6.07, 6.45) is 1.14. The Balaban J connectivity index is 2.08. The highest BCUT2D eigenvalue weighted by Crippen LogP contribution is 2.23. The third-order valence-electron chi connectivity index (χ3n) is 2.60. The van der Waals surface area contributed by atoms with Crippen molar-refractivity contribution in [2.45, 2.75) is 13.5 Å². The number of halogens is 2. The first kappa shape index (κ1) is 15.1. The summed E-state index contributed by atoms with van der Waals surface area (Å²) < 4.78 is 14.8. The molecule has 21 heavy (non-hydrogen) atoms. The van der Waals surface area contributed by atoms with Crippen molar-refractivity contribution in [1.82, 2.24) is 15.0 Å². The van der Waals surface area contributed by atoms with E-state index in [2.05, 4.69) is 31.6 Å². The molecule has 7 nitrogen and oxygen atoms in total. The quantitative estimate of drug-likeness (QED) is 0.870. The number of anilines is 1. The fourth-order valence-corrected chi connectivity index (χ4v) is 2.05. The van der Waals surface area contributed by atoms with Crippen molar-refractivity contribution in [3.8, 4) is 0 Å². The minimum absolute atomic E-state index is 0.225. The zero-order chi connectivity index (χ0) is 15.6. The first-order valence-electron chi connectivity index (χ1n) is 5.75. The number of amides is 1. The van der Waals surface area contributed by atoms with Crippen LogP contribution in [-0.2, 0) is 11.3 Å². The molecular formula is C12H10BrFN4O3. The van der Waals surface area contributed by atoms with Gasteiger partial charge in [0.25, 0.3) is 0 Å². The second-order valence-corrected chi connectivity index (χ2v) is 5.09. The number of aryl methyl sites for hydroxylation is 1. The van der Waals surface area contributed by atoms with E-state index in [0.29, 0.717) is 15.7 Å². The Kier molecular flexibility index (Phi) is 4.32. The fraction of sp³-hybridized carbons (Fsp3) is 0.167. The molecule has 110 valence electrons. The molecule has 1 amide bonds. The number of aromatic nitrogens is 3. The second-order valence-electron chi connectivity index (χ2n) is 4.24. The number of nitrogens with zero attached hydrogens (tertiary/aromatic N) is 3. The Morgan fingerprint density at radius 1 is 1.48 bits per heavy atom. The van der Waals surface area contributed by atoms with Gasteiger partial charge in [-0.05, 0) is 40.5 Å². The molecule has 0 spiro atoms. The number of carbonyl (C=O) groups excluding carboxylic acids is 1. The van der Waals surface area contributed by atoms with Gasteiger partial charge in [-0.3, -0.25) is 4.79 Å². The van der Waals surface area contributed by atoms with Gasteiger partial charge in [-0.15, -0.1) is 5.10 Å². The molecule has 0 unspecified atom stereocenters. The van der Waals surface area contributed by atoms with Crippen LogP contribution < -0.4 is 5.32 Å². The Bertz CT molecular complexity index is 717. The van der Waals surface area contributed by atoms with E-state index < -0.39 is 17.7 Å². The van der Waals surface area contributed by atoms with Crippen LogP contribution in [0.25, 0.3) is 0 Å². The predicted octanol–water partition coefficient (Wildman–Crippen LogP) is 1.83. The van der Waals surface area contributed by atoms with Crippen molar-refractivity contribution >= 4 is 33.5 Å². The molecular weight excluding hydrogens is 347 g/mol. The topological polar surface area (TPSA) is 97.1 Å². The number of aromatic carboxylic acids is 1. The van der Waals surface area contributed by atoms with Crippen molar-refractivity contribution < 1.29 is 19.1 Å². The lowest BCUT2D eigenvalue weighted by Crippen LogP contribution is -2.19. The Morgan fingerprint density at radius 2 is 2.19 bits per heavy atom. The molecule has 0 aliphatic rings. The van der Waals surface area contributed by atoms with Crippen LogP contribution in [0.2, 0.25) is 0 Å². The first-order valence-corrected chi connectivity index (χ1v) is 6.55. The third kappa shape index (κ3) is 3.63. The lowest BCUT2D eigenvalue weighted by Gasteiger charge is -2.09. The van der Waals surface area contributed by atoms with Crippen LogP contribution in [0.15, 0.2) is 22.8 Å². The highest BCUT2D eigenvalue weighted by Gasteiger charge is 2.12. The molecule has 0 aliphatic carbocycles. The van der Waals surface area contributed by atoms with E-state index >= 15 is 0 Å². The molecule has 2 N–H and O–H groups in total. The Morgan fingerprint density at radius 3 is 2.81 bits per heavy atom. The molecule has 0 fully saturated rings. The van der Waals surface area contributed by atoms with Crippen LogP contribution in [-0.4, -0.2) is 32.0 Å². The van der Waals surface area contributed by atoms with Crippen LogP contribution in [0.3, 0.4) is 0 Å². The summed E-state index contributed by atoms with van der Waals surface area (Å²) in [5, 5.41) is 18.1. The molecule has 2 aromatic rings. The zero-order valence-corrected chi connectivity index (χ0v) is 12.4. The summed E-state index contributed by atoms with van der Waals surface area (Å²) in [4.78, 5) is 22.5. The predicted molar refractivity (Wildman–Crippen MR) is 74.4 cm³/mol. The lowest BCUT2D eigenvalue weighted by atomic mass is 10.2. The van der Waals surface area contributed by atoms with Crippen molar-refractivity contribution in [3.63, 3.8) is 0 Å². The molecule has 0 saturated carbocycles. The number of hydrogen-bond acceptors (Lipinski definition) is 4. The van der Waals surface area contributed by atoms with Crippen LogP contribution >= 0.6 is 15.9 Å². The van der Waals surface area contributed by atoms with Crippen molar-refractivity contribution in [2.24, 2.45) is 0 Å². The molecule has 0 bridgehead atoms. The largest absolute Gasteiger partial charge is 0.476 e. The van der Waals surface area contributed by atoms with Crippen molar-refractivity contribution in [1.29, 1.82) is 0 Å². The number of carboxylic acid groups (broad SMARTS) is 1. The van der Waals surface area contributed by atoms with E-state index in [1.54, 1.807) is 13.0 Å². The summed E-state index contributed by atoms with van der Waals surface area (Å²) >= 11 is 3.05. The highest BCUT2D eigenvalue weighted by molar-refractivity contribution is 9.10. The highest BCUT2D eigenvalue weighted by atomic mass is 79.9. The summed E-state index contributed by atoms with van der Waals surface area (Å²) in [6, 6.07) is 2.74. The molecule has 0 radical (unpaired) electrons. The molecule has 0 atom stereocenters. The number of carboxylic acids is 1. The molecule has 0 saturated heterocycles. The Labute approximate surface area is 126 Å². The van der Waals surface area contributed by atoms with Crippen LogP contribution in [0, 0.1) is 12.7 Å². The summed E-state index contributed by atoms with van der Waals surface area (Å²) in [6.45, 7) is 1.50. The van der Waals surface area contributed by atoms with Gasteiger partial charge in [-0.1, -0.05) is 5.21 Å². The van der Waals surface area contributed by atoms with Gasteiger partial charge < -0.3 is 10.4 Å². The minimum Gasteiger partial charge on any atom is -0.476 e. The Hall–Kier alpha value is -2.29. The molecule has 9 heteroatoms. The standard InChI is InChI=1S/C12H10BrFN4O3/c1-6-2-7(13)8(14)3-9(6)15-11(19)5-18-4-10(12(20)21)16-17-18/h2-4H,5H2,1H3,(H,15,19)(H,20,21). The second kappa shape index (κ2) is 6.00. The maximum atomic E-state index is 13.4. The van der Waals surface area contributed by atoms with E-state index in [1.807, 2.05) is 0 Å². The molecule has 1 heterocycles. The van der Waals surface area contributed by atoms with Crippen LogP contribution in [0.1, 0.15) is 16.1 Å². The maximum absolute atomic E-state index is 13.4. The third-order valence-corrected chi connectivity index (χ3v) is 3.21. The smallest absolute Gasteiger partial charge is 0.358 e. The number of carbonyl (C=O) groups is 2. The van der Waals surface area contributed by atoms with Gasteiger partial charge in [0, 0.05) is 5.69 Å². The summed E-state index contributed by atoms with van der Waals surface area (Å²) in [7, 11) is 0. The van der Waals surface area contributed by atoms with Gasteiger partial charge in [-0.25, -0.2) is 13.9 Å². The summed E-state index contributed by atoms with van der Waals surface area (Å²) in [5.74, 6) is -2.20. The van der Waals surface area contributed by atoms with Crippen molar-refractivity contribution in [2.75, 3.05) is 5.32 Å². The monoisotopic (exact) mass is 356 g/mol. The van der Waals surface area contributed by atoms with Gasteiger partial charge in [0.1, 0.15) is 12.4 Å². The fourth-order valence-electron chi connectivity index (χ4n) is 1.59. The van der Waals surface area contributed by atoms with Gasteiger partial charge in [-0.2, -0.15) is 0 Å². The van der Waals surface area contributed by atoms with Crippen molar-refractivity contribution in [3.05, 3.63) is 39.9 Å². The van der Waals surface area contributed by atoms with E-state index in [0.717, 1.165) is 10.9 Å². The summed E-state index contributed by atoms with van der Waals surface area (Å²) in [5.41, 5.74) is 0.759. The average Bonchev–Trinajstić information content (AvgIpc) is 2.84. The molecule has 0 aliphatic heterocycles. The molecule has 1 aromatic carbocycles. The van der Waals surface area contributed by atoms with Gasteiger partial charge in [0.15, 0.2) is 5.69 Å². The average molecular weight is 357 g/mol. The normalized spacial score (nSPS) is 10.4. The van der Waals surface area contributed by atoms with E-state index in [1.165, 1.54) is 6.07 Å². The van der Waals surface area contributed by atoms with E-state index in [4.69, 9.17) is 5.11 Å². The maximum Gasteiger partial charge on any atom is 0.358 e. The lowest BCUT2D eigenvalue weighted by molar-refractivity contribution is -0.116. The number of nitrogens with one attached hydrogen (secondary N) is 1. The first-order chi connectivity index (χ1) is 9.86. The van der Waals surface area contributed by atoms with Crippen LogP contribution in [0.4, 0.5) is 10.1 Å². The van der Waals surface area contributed by atoms with Gasteiger partial charge >= 0.3 is 5.97 Å². The molecule has 1 aromatic heterocycles. The number of hydrogen-bond donors (Lipinski definition) is 2. The van der Waals surface area contributed by atoms with Gasteiger partial charge in [0.2, 0.25) is 5.91 Å². The van der Waals surface area contributed by atoms with Crippen LogP contribution in [0.5, 0.6) is 0 Å². The van der Waals surface area contributed by atoms with E-state index in [9.17, 15) is 14.0 Å². The SMILES string of the molecule is Cc1cc(Br)c(F)cc1NC(=O)Cn1cc(C(=O)O)nn1. The number of rotatable bonds is 4. The number of benzene rings is 1.